The first-order valence-corrected chi connectivity index (χ1v) is 5.19. The second-order valence-electron chi connectivity index (χ2n) is 3.68. The molecular formula is C12H15ClFN. The number of halogens is 2. The molecule has 82 valence electrons. The Morgan fingerprint density at radius 3 is 2.60 bits per heavy atom. The number of rotatable bonds is 3. The van der Waals surface area contributed by atoms with Crippen molar-refractivity contribution in [2.24, 2.45) is 0 Å². The minimum absolute atomic E-state index is 0.0294. The molecule has 15 heavy (non-hydrogen) atoms. The predicted molar refractivity (Wildman–Crippen MR) is 62.6 cm³/mol. The van der Waals surface area contributed by atoms with Crippen LogP contribution in [0.25, 0.3) is 0 Å². The smallest absolute Gasteiger partial charge is 0.142 e. The van der Waals surface area contributed by atoms with E-state index in [1.807, 2.05) is 33.0 Å². The Balaban J connectivity index is 3.03. The van der Waals surface area contributed by atoms with E-state index in [1.165, 1.54) is 11.6 Å². The monoisotopic (exact) mass is 227 g/mol. The van der Waals surface area contributed by atoms with Gasteiger partial charge in [0.15, 0.2) is 0 Å². The molecule has 0 saturated carbocycles. The molecule has 0 aromatic heterocycles. The van der Waals surface area contributed by atoms with E-state index in [-0.39, 0.29) is 16.9 Å². The van der Waals surface area contributed by atoms with Crippen LogP contribution in [-0.4, -0.2) is 7.05 Å². The van der Waals surface area contributed by atoms with Crippen LogP contribution in [0.4, 0.5) is 4.39 Å². The average Bonchev–Trinajstić information content (AvgIpc) is 2.18. The molecule has 0 radical (unpaired) electrons. The maximum atomic E-state index is 13.2. The summed E-state index contributed by atoms with van der Waals surface area (Å²) >= 11 is 5.62. The van der Waals surface area contributed by atoms with Crippen molar-refractivity contribution >= 4 is 11.6 Å². The third-order valence-corrected chi connectivity index (χ3v) is 2.42. The van der Waals surface area contributed by atoms with Gasteiger partial charge in [0.1, 0.15) is 5.82 Å². The first-order chi connectivity index (χ1) is 7.04. The van der Waals surface area contributed by atoms with Crippen molar-refractivity contribution in [3.8, 4) is 0 Å². The summed E-state index contributed by atoms with van der Waals surface area (Å²) in [5.74, 6) is -0.378. The van der Waals surface area contributed by atoms with E-state index in [4.69, 9.17) is 11.6 Å². The minimum Gasteiger partial charge on any atom is -0.310 e. The highest BCUT2D eigenvalue weighted by Gasteiger charge is 2.08. The summed E-state index contributed by atoms with van der Waals surface area (Å²) in [4.78, 5) is 0. The van der Waals surface area contributed by atoms with Gasteiger partial charge in [0.2, 0.25) is 0 Å². The lowest BCUT2D eigenvalue weighted by molar-refractivity contribution is 0.619. The third-order valence-electron chi connectivity index (χ3n) is 2.11. The number of benzene rings is 1. The van der Waals surface area contributed by atoms with Crippen LogP contribution in [0.5, 0.6) is 0 Å². The second kappa shape index (κ2) is 5.29. The summed E-state index contributed by atoms with van der Waals surface area (Å²) in [5.41, 5.74) is 2.06. The standard InChI is InChI=1S/C12H15ClFN/c1-8(2)6-12(15-3)9-4-5-10(13)11(14)7-9/h4-7,12,15H,1-3H3. The molecule has 0 aliphatic rings. The van der Waals surface area contributed by atoms with E-state index in [1.54, 1.807) is 6.07 Å². The lowest BCUT2D eigenvalue weighted by atomic mass is 10.0. The van der Waals surface area contributed by atoms with Gasteiger partial charge in [-0.2, -0.15) is 0 Å². The highest BCUT2D eigenvalue weighted by atomic mass is 35.5. The lowest BCUT2D eigenvalue weighted by Crippen LogP contribution is -2.14. The number of allylic oxidation sites excluding steroid dienone is 1. The number of nitrogens with one attached hydrogen (secondary N) is 1. The molecule has 0 saturated heterocycles. The molecule has 1 nitrogen and oxygen atoms in total. The van der Waals surface area contributed by atoms with E-state index >= 15 is 0 Å². The average molecular weight is 228 g/mol. The Morgan fingerprint density at radius 1 is 1.47 bits per heavy atom. The zero-order valence-corrected chi connectivity index (χ0v) is 9.90. The van der Waals surface area contributed by atoms with Crippen LogP contribution in [0, 0.1) is 5.82 Å². The van der Waals surface area contributed by atoms with Crippen molar-refractivity contribution in [3.63, 3.8) is 0 Å². The van der Waals surface area contributed by atoms with Gasteiger partial charge >= 0.3 is 0 Å². The third kappa shape index (κ3) is 3.33. The molecule has 1 atom stereocenters. The molecule has 1 rings (SSSR count). The molecule has 1 aromatic rings. The van der Waals surface area contributed by atoms with Gasteiger partial charge in [0.05, 0.1) is 11.1 Å². The largest absolute Gasteiger partial charge is 0.310 e. The SMILES string of the molecule is CNC(C=C(C)C)c1ccc(Cl)c(F)c1. The topological polar surface area (TPSA) is 12.0 Å². The summed E-state index contributed by atoms with van der Waals surface area (Å²) in [6.07, 6.45) is 2.04. The molecule has 1 unspecified atom stereocenters. The van der Waals surface area contributed by atoms with Gasteiger partial charge in [-0.25, -0.2) is 4.39 Å². The molecule has 0 spiro atoms. The lowest BCUT2D eigenvalue weighted by Gasteiger charge is -2.13. The molecule has 0 heterocycles. The number of hydrogen-bond acceptors (Lipinski definition) is 1. The minimum atomic E-state index is -0.378. The maximum absolute atomic E-state index is 13.2. The summed E-state index contributed by atoms with van der Waals surface area (Å²) in [6.45, 7) is 4.02. The summed E-state index contributed by atoms with van der Waals surface area (Å²) in [6, 6.07) is 4.89. The summed E-state index contributed by atoms with van der Waals surface area (Å²) < 4.78 is 13.2. The van der Waals surface area contributed by atoms with Crippen LogP contribution < -0.4 is 5.32 Å². The molecule has 1 N–H and O–H groups in total. The quantitative estimate of drug-likeness (QED) is 0.777. The van der Waals surface area contributed by atoms with Crippen molar-refractivity contribution in [3.05, 3.63) is 46.3 Å². The molecule has 0 aliphatic carbocycles. The van der Waals surface area contributed by atoms with Crippen molar-refractivity contribution in [1.29, 1.82) is 0 Å². The number of likely N-dealkylation sites (N-methyl/N-ethyl adjacent to an activating group) is 1. The predicted octanol–water partition coefficient (Wildman–Crippen LogP) is 3.71. The molecule has 1 aromatic carbocycles. The molecule has 3 heteroatoms. The summed E-state index contributed by atoms with van der Waals surface area (Å²) in [7, 11) is 1.84. The van der Waals surface area contributed by atoms with Crippen LogP contribution >= 0.6 is 11.6 Å². The zero-order chi connectivity index (χ0) is 11.4. The summed E-state index contributed by atoms with van der Waals surface area (Å²) in [5, 5.41) is 3.27. The maximum Gasteiger partial charge on any atom is 0.142 e. The van der Waals surface area contributed by atoms with Crippen molar-refractivity contribution in [2.75, 3.05) is 7.05 Å². The van der Waals surface area contributed by atoms with Crippen molar-refractivity contribution in [1.82, 2.24) is 5.32 Å². The van der Waals surface area contributed by atoms with Crippen LogP contribution in [0.15, 0.2) is 29.8 Å². The van der Waals surface area contributed by atoms with E-state index in [9.17, 15) is 4.39 Å². The van der Waals surface area contributed by atoms with Gasteiger partial charge in [-0.3, -0.25) is 0 Å². The van der Waals surface area contributed by atoms with Gasteiger partial charge in [0.25, 0.3) is 0 Å². The van der Waals surface area contributed by atoms with Crippen LogP contribution in [0.2, 0.25) is 5.02 Å². The Bertz CT molecular complexity index is 370. The van der Waals surface area contributed by atoms with E-state index in [2.05, 4.69) is 5.32 Å². The highest BCUT2D eigenvalue weighted by molar-refractivity contribution is 6.30. The van der Waals surface area contributed by atoms with Crippen molar-refractivity contribution < 1.29 is 4.39 Å². The molecule has 0 bridgehead atoms. The Labute approximate surface area is 95.0 Å². The second-order valence-corrected chi connectivity index (χ2v) is 4.09. The van der Waals surface area contributed by atoms with E-state index < -0.39 is 0 Å². The highest BCUT2D eigenvalue weighted by Crippen LogP contribution is 2.21. The Morgan fingerprint density at radius 2 is 2.13 bits per heavy atom. The molecule has 0 fully saturated rings. The van der Waals surface area contributed by atoms with Crippen molar-refractivity contribution in [2.45, 2.75) is 19.9 Å². The van der Waals surface area contributed by atoms with Crippen LogP contribution in [-0.2, 0) is 0 Å². The van der Waals surface area contributed by atoms with Gasteiger partial charge in [-0.15, -0.1) is 0 Å². The van der Waals surface area contributed by atoms with Crippen LogP contribution in [0.1, 0.15) is 25.5 Å². The fourth-order valence-corrected chi connectivity index (χ4v) is 1.50. The number of hydrogen-bond donors (Lipinski definition) is 1. The van der Waals surface area contributed by atoms with Gasteiger partial charge < -0.3 is 5.32 Å². The molecule has 0 amide bonds. The first-order valence-electron chi connectivity index (χ1n) is 4.82. The van der Waals surface area contributed by atoms with Gasteiger partial charge in [-0.05, 0) is 38.6 Å². The molecular weight excluding hydrogens is 213 g/mol. The Kier molecular flexibility index (Phi) is 4.30. The Hall–Kier alpha value is -0.860. The fourth-order valence-electron chi connectivity index (χ4n) is 1.39. The van der Waals surface area contributed by atoms with Gasteiger partial charge in [-0.1, -0.05) is 29.3 Å². The van der Waals surface area contributed by atoms with Crippen LogP contribution in [0.3, 0.4) is 0 Å². The first kappa shape index (κ1) is 12.2. The normalized spacial score (nSPS) is 12.3. The van der Waals surface area contributed by atoms with E-state index in [0.717, 1.165) is 5.56 Å². The fraction of sp³-hybridized carbons (Fsp3) is 0.333. The van der Waals surface area contributed by atoms with Gasteiger partial charge in [0, 0.05) is 0 Å². The zero-order valence-electron chi connectivity index (χ0n) is 9.14. The van der Waals surface area contributed by atoms with E-state index in [0.29, 0.717) is 0 Å². The molecule has 0 aliphatic heterocycles.